The van der Waals surface area contributed by atoms with Crippen molar-refractivity contribution < 1.29 is 0 Å². The zero-order chi connectivity index (χ0) is 22.7. The van der Waals surface area contributed by atoms with Crippen LogP contribution in [0, 0.1) is 0 Å². The monoisotopic (exact) mass is 447 g/mol. The highest BCUT2D eigenvalue weighted by molar-refractivity contribution is 5.95. The molecule has 0 saturated heterocycles. The van der Waals surface area contributed by atoms with E-state index in [1.807, 2.05) is 12.4 Å². The Labute approximate surface area is 203 Å². The highest BCUT2D eigenvalue weighted by Gasteiger charge is 2.38. The molecular weight excluding hydrogens is 426 g/mol. The van der Waals surface area contributed by atoms with E-state index in [0.29, 0.717) is 0 Å². The standard InChI is InChI=1S/C32H21N3/c1-2-8-23-18(5-1)15-26-24(23)9-10-25-27(26)17-21-14-22-13-19-6-3-11-33-31(19)35-30(22)28(29(21)25)16-20-7-4-12-34-32(20)35/h1-12,14H,13,15-17H2. The van der Waals surface area contributed by atoms with Gasteiger partial charge in [0.15, 0.2) is 0 Å². The lowest BCUT2D eigenvalue weighted by atomic mass is 9.83. The van der Waals surface area contributed by atoms with E-state index in [4.69, 9.17) is 9.97 Å². The van der Waals surface area contributed by atoms with E-state index >= 15 is 0 Å². The predicted octanol–water partition coefficient (Wildman–Crippen LogP) is 6.90. The quantitative estimate of drug-likeness (QED) is 0.253. The fourth-order valence-corrected chi connectivity index (χ4v) is 7.07. The van der Waals surface area contributed by atoms with E-state index < -0.39 is 0 Å². The Bertz CT molecular complexity index is 1750. The van der Waals surface area contributed by atoms with Gasteiger partial charge in [0.2, 0.25) is 0 Å². The average molecular weight is 448 g/mol. The van der Waals surface area contributed by atoms with Gasteiger partial charge in [-0.15, -0.1) is 0 Å². The molecule has 0 saturated carbocycles. The second kappa shape index (κ2) is 6.25. The topological polar surface area (TPSA) is 29.0 Å². The summed E-state index contributed by atoms with van der Waals surface area (Å²) in [4.78, 5) is 12.0. The van der Waals surface area contributed by atoms with Gasteiger partial charge in [-0.1, -0.05) is 54.6 Å². The van der Waals surface area contributed by atoms with Gasteiger partial charge in [0.1, 0.15) is 11.6 Å². The molecule has 0 atom stereocenters. The Morgan fingerprint density at radius 1 is 0.514 bits per heavy atom. The summed E-state index contributed by atoms with van der Waals surface area (Å²) >= 11 is 0. The third kappa shape index (κ3) is 2.21. The van der Waals surface area contributed by atoms with Crippen molar-refractivity contribution in [3.05, 3.63) is 124 Å². The smallest absolute Gasteiger partial charge is 0.142 e. The second-order valence-electron chi connectivity index (χ2n) is 10.2. The summed E-state index contributed by atoms with van der Waals surface area (Å²) in [6, 6.07) is 24.7. The molecule has 0 bridgehead atoms. The Balaban J connectivity index is 1.32. The number of nitrogens with zero attached hydrogens (tertiary/aromatic N) is 3. The van der Waals surface area contributed by atoms with Crippen LogP contribution < -0.4 is 4.90 Å². The lowest BCUT2D eigenvalue weighted by Gasteiger charge is -2.38. The average Bonchev–Trinajstić information content (AvgIpc) is 3.46. The molecule has 3 aromatic carbocycles. The molecule has 3 heteroatoms. The minimum Gasteiger partial charge on any atom is -0.278 e. The number of anilines is 3. The molecule has 35 heavy (non-hydrogen) atoms. The fourth-order valence-electron chi connectivity index (χ4n) is 7.07. The lowest BCUT2D eigenvalue weighted by molar-refractivity contribution is 0.954. The van der Waals surface area contributed by atoms with Gasteiger partial charge in [-0.25, -0.2) is 9.97 Å². The molecule has 4 aliphatic rings. The van der Waals surface area contributed by atoms with Crippen LogP contribution in [0.5, 0.6) is 0 Å². The first-order valence-electron chi connectivity index (χ1n) is 12.4. The molecule has 2 aromatic heterocycles. The molecule has 4 heterocycles. The first kappa shape index (κ1) is 18.1. The minimum atomic E-state index is 0.921. The van der Waals surface area contributed by atoms with Crippen LogP contribution in [0.3, 0.4) is 0 Å². The summed E-state index contributed by atoms with van der Waals surface area (Å²) in [5, 5.41) is 0. The summed E-state index contributed by atoms with van der Waals surface area (Å²) in [6.45, 7) is 0. The second-order valence-corrected chi connectivity index (χ2v) is 10.2. The van der Waals surface area contributed by atoms with Crippen molar-refractivity contribution >= 4 is 17.3 Å². The molecule has 9 rings (SSSR count). The van der Waals surface area contributed by atoms with E-state index in [2.05, 4.69) is 71.6 Å². The van der Waals surface area contributed by atoms with Gasteiger partial charge >= 0.3 is 0 Å². The van der Waals surface area contributed by atoms with Gasteiger partial charge in [0.05, 0.1) is 5.69 Å². The summed E-state index contributed by atoms with van der Waals surface area (Å²) in [5.41, 5.74) is 18.5. The van der Waals surface area contributed by atoms with Gasteiger partial charge in [-0.2, -0.15) is 0 Å². The largest absolute Gasteiger partial charge is 0.278 e. The summed E-state index contributed by atoms with van der Waals surface area (Å²) < 4.78 is 0. The number of fused-ring (bicyclic) bond motifs is 12. The number of rotatable bonds is 0. The predicted molar refractivity (Wildman–Crippen MR) is 139 cm³/mol. The molecule has 5 aromatic rings. The molecule has 2 aliphatic carbocycles. The van der Waals surface area contributed by atoms with Gasteiger partial charge in [0, 0.05) is 25.2 Å². The number of hydrogen-bond acceptors (Lipinski definition) is 3. The first-order chi connectivity index (χ1) is 17.3. The molecule has 0 N–H and O–H groups in total. The van der Waals surface area contributed by atoms with E-state index in [1.54, 1.807) is 0 Å². The van der Waals surface area contributed by atoms with Crippen LogP contribution in [-0.4, -0.2) is 9.97 Å². The normalized spacial score (nSPS) is 14.9. The van der Waals surface area contributed by atoms with Crippen LogP contribution in [0.1, 0.15) is 44.5 Å². The maximum Gasteiger partial charge on any atom is 0.142 e. The first-order valence-corrected chi connectivity index (χ1v) is 12.4. The maximum absolute atomic E-state index is 4.84. The van der Waals surface area contributed by atoms with E-state index in [9.17, 15) is 0 Å². The fraction of sp³-hybridized carbons (Fsp3) is 0.125. The number of hydrogen-bond donors (Lipinski definition) is 0. The van der Waals surface area contributed by atoms with Gasteiger partial charge in [0.25, 0.3) is 0 Å². The Morgan fingerprint density at radius 3 is 2.03 bits per heavy atom. The molecule has 164 valence electrons. The third-order valence-electron chi connectivity index (χ3n) is 8.43. The highest BCUT2D eigenvalue weighted by atomic mass is 15.3. The zero-order valence-corrected chi connectivity index (χ0v) is 19.2. The van der Waals surface area contributed by atoms with Crippen LogP contribution in [0.2, 0.25) is 0 Å². The van der Waals surface area contributed by atoms with Crippen molar-refractivity contribution in [2.75, 3.05) is 4.90 Å². The van der Waals surface area contributed by atoms with Crippen molar-refractivity contribution in [2.45, 2.75) is 25.7 Å². The molecule has 0 unspecified atom stereocenters. The Hall–Kier alpha value is -4.24. The molecule has 0 amide bonds. The number of aromatic nitrogens is 2. The zero-order valence-electron chi connectivity index (χ0n) is 19.2. The molecular formula is C32H21N3. The molecule has 0 radical (unpaired) electrons. The van der Waals surface area contributed by atoms with Gasteiger partial charge in [-0.3, -0.25) is 4.90 Å². The Morgan fingerprint density at radius 2 is 1.17 bits per heavy atom. The highest BCUT2D eigenvalue weighted by Crippen LogP contribution is 2.55. The van der Waals surface area contributed by atoms with Crippen LogP contribution in [0.4, 0.5) is 17.3 Å². The van der Waals surface area contributed by atoms with Crippen molar-refractivity contribution in [1.82, 2.24) is 9.97 Å². The third-order valence-corrected chi connectivity index (χ3v) is 8.43. The van der Waals surface area contributed by atoms with Gasteiger partial charge in [-0.05, 0) is 91.7 Å². The van der Waals surface area contributed by atoms with E-state index in [0.717, 1.165) is 37.3 Å². The molecule has 0 spiro atoms. The molecule has 3 nitrogen and oxygen atoms in total. The van der Waals surface area contributed by atoms with Crippen molar-refractivity contribution in [2.24, 2.45) is 0 Å². The molecule has 0 fully saturated rings. The van der Waals surface area contributed by atoms with Crippen LogP contribution >= 0.6 is 0 Å². The van der Waals surface area contributed by atoms with Crippen LogP contribution in [0.25, 0.3) is 22.3 Å². The number of benzene rings is 3. The van der Waals surface area contributed by atoms with Crippen LogP contribution in [0.15, 0.2) is 79.1 Å². The minimum absolute atomic E-state index is 0.921. The van der Waals surface area contributed by atoms with E-state index in [1.165, 1.54) is 72.4 Å². The molecule has 2 aliphatic heterocycles. The summed E-state index contributed by atoms with van der Waals surface area (Å²) in [5.74, 6) is 2.06. The van der Waals surface area contributed by atoms with E-state index in [-0.39, 0.29) is 0 Å². The van der Waals surface area contributed by atoms with Crippen molar-refractivity contribution in [1.29, 1.82) is 0 Å². The number of pyridine rings is 2. The van der Waals surface area contributed by atoms with Crippen molar-refractivity contribution in [3.8, 4) is 22.3 Å². The van der Waals surface area contributed by atoms with Crippen LogP contribution in [-0.2, 0) is 25.7 Å². The Kier molecular flexibility index (Phi) is 3.24. The maximum atomic E-state index is 4.84. The van der Waals surface area contributed by atoms with Crippen molar-refractivity contribution in [3.63, 3.8) is 0 Å². The summed E-state index contributed by atoms with van der Waals surface area (Å²) in [7, 11) is 0. The van der Waals surface area contributed by atoms with Gasteiger partial charge < -0.3 is 0 Å². The lowest BCUT2D eigenvalue weighted by Crippen LogP contribution is -2.27. The SMILES string of the molecule is c1ccc2c(c1)Cc1c-2ccc2c1Cc1cc3c4c(c1-2)Cc1cccnc1N4c1ncccc1C3. The summed E-state index contributed by atoms with van der Waals surface area (Å²) in [6.07, 6.45) is 7.74.